The molecule has 1 aromatic heterocycles. The summed E-state index contributed by atoms with van der Waals surface area (Å²) >= 11 is 0. The van der Waals surface area contributed by atoms with Crippen LogP contribution in [0.2, 0.25) is 0 Å². The summed E-state index contributed by atoms with van der Waals surface area (Å²) in [5.41, 5.74) is 1.14. The molecule has 0 aliphatic heterocycles. The second-order valence-electron chi connectivity index (χ2n) is 4.31. The number of rotatable bonds is 4. The Labute approximate surface area is 120 Å². The lowest BCUT2D eigenvalue weighted by Crippen LogP contribution is -2.07. The number of benzene rings is 1. The molecule has 0 radical (unpaired) electrons. The van der Waals surface area contributed by atoms with Gasteiger partial charge in [0.15, 0.2) is 6.29 Å². The van der Waals surface area contributed by atoms with Crippen LogP contribution < -0.4 is 0 Å². The lowest BCUT2D eigenvalue weighted by Gasteiger charge is -2.02. The van der Waals surface area contributed by atoms with Crippen LogP contribution in [0.1, 0.15) is 43.8 Å². The molecule has 0 atom stereocenters. The van der Waals surface area contributed by atoms with Gasteiger partial charge in [0, 0.05) is 5.39 Å². The highest BCUT2D eigenvalue weighted by Crippen LogP contribution is 2.31. The van der Waals surface area contributed by atoms with Crippen LogP contribution >= 0.6 is 0 Å². The molecular weight excluding hydrogens is 276 g/mol. The minimum Gasteiger partial charge on any atom is -0.465 e. The number of methoxy groups -OCH3 is 1. The Hall–Kier alpha value is -2.63. The first-order valence-electron chi connectivity index (χ1n) is 6.31. The van der Waals surface area contributed by atoms with Crippen LogP contribution in [-0.4, -0.2) is 31.9 Å². The third kappa shape index (κ3) is 2.40. The van der Waals surface area contributed by atoms with Gasteiger partial charge < -0.3 is 13.9 Å². The average Bonchev–Trinajstić information content (AvgIpc) is 2.87. The summed E-state index contributed by atoms with van der Waals surface area (Å²) in [4.78, 5) is 35.0. The second-order valence-corrected chi connectivity index (χ2v) is 4.31. The first-order valence-corrected chi connectivity index (χ1v) is 6.31. The summed E-state index contributed by atoms with van der Waals surface area (Å²) < 4.78 is 15.0. The molecule has 2 aromatic rings. The lowest BCUT2D eigenvalue weighted by molar-refractivity contribution is 0.0489. The van der Waals surface area contributed by atoms with Crippen molar-refractivity contribution in [3.8, 4) is 0 Å². The molecule has 6 heteroatoms. The molecule has 0 fully saturated rings. The minimum atomic E-state index is -0.744. The van der Waals surface area contributed by atoms with Crippen molar-refractivity contribution in [2.75, 3.05) is 13.7 Å². The van der Waals surface area contributed by atoms with Gasteiger partial charge in [-0.05, 0) is 25.5 Å². The van der Waals surface area contributed by atoms with Crippen molar-refractivity contribution < 1.29 is 28.3 Å². The predicted molar refractivity (Wildman–Crippen MR) is 73.6 cm³/mol. The molecule has 1 aromatic carbocycles. The van der Waals surface area contributed by atoms with E-state index in [0.29, 0.717) is 17.4 Å². The Morgan fingerprint density at radius 3 is 2.57 bits per heavy atom. The standard InChI is InChI=1S/C15H14O6/c1-4-20-15(18)13-10(7-16)11-9(14(17)19-3)6-5-8(2)12(11)21-13/h5-7H,4H2,1-3H3. The summed E-state index contributed by atoms with van der Waals surface area (Å²) in [6.45, 7) is 3.54. The fourth-order valence-electron chi connectivity index (χ4n) is 2.10. The van der Waals surface area contributed by atoms with Crippen molar-refractivity contribution in [3.05, 3.63) is 34.6 Å². The number of hydrogen-bond acceptors (Lipinski definition) is 6. The second kappa shape index (κ2) is 5.78. The number of hydrogen-bond donors (Lipinski definition) is 0. The number of furan rings is 1. The highest BCUT2D eigenvalue weighted by molar-refractivity contribution is 6.14. The predicted octanol–water partition coefficient (Wildman–Crippen LogP) is 2.52. The molecule has 1 heterocycles. The summed E-state index contributed by atoms with van der Waals surface area (Å²) in [5.74, 6) is -1.56. The number of ether oxygens (including phenoxy) is 2. The van der Waals surface area contributed by atoms with Crippen molar-refractivity contribution in [2.45, 2.75) is 13.8 Å². The molecule has 2 rings (SSSR count). The topological polar surface area (TPSA) is 82.8 Å². The molecule has 6 nitrogen and oxygen atoms in total. The maximum atomic E-state index is 11.9. The highest BCUT2D eigenvalue weighted by Gasteiger charge is 2.26. The van der Waals surface area contributed by atoms with Gasteiger partial charge in [-0.15, -0.1) is 0 Å². The molecule has 0 saturated heterocycles. The first-order chi connectivity index (χ1) is 10.0. The van der Waals surface area contributed by atoms with Gasteiger partial charge in [0.1, 0.15) is 5.58 Å². The number of carbonyl (C=O) groups is 3. The SMILES string of the molecule is CCOC(=O)c1oc2c(C)ccc(C(=O)OC)c2c1C=O. The molecular formula is C15H14O6. The average molecular weight is 290 g/mol. The highest BCUT2D eigenvalue weighted by atomic mass is 16.5. The van der Waals surface area contributed by atoms with E-state index in [0.717, 1.165) is 0 Å². The Morgan fingerprint density at radius 2 is 2.00 bits per heavy atom. The van der Waals surface area contributed by atoms with Crippen LogP contribution in [0.15, 0.2) is 16.5 Å². The van der Waals surface area contributed by atoms with E-state index in [4.69, 9.17) is 9.15 Å². The van der Waals surface area contributed by atoms with Gasteiger partial charge in [0.25, 0.3) is 0 Å². The molecule has 21 heavy (non-hydrogen) atoms. The molecule has 0 spiro atoms. The van der Waals surface area contributed by atoms with Gasteiger partial charge in [-0.1, -0.05) is 6.07 Å². The summed E-state index contributed by atoms with van der Waals surface area (Å²) in [6.07, 6.45) is 0.476. The van der Waals surface area contributed by atoms with Crippen LogP contribution in [0.4, 0.5) is 0 Å². The minimum absolute atomic E-state index is 0.00690. The van der Waals surface area contributed by atoms with Gasteiger partial charge in [-0.25, -0.2) is 9.59 Å². The van der Waals surface area contributed by atoms with Crippen molar-refractivity contribution in [3.63, 3.8) is 0 Å². The Bertz CT molecular complexity index is 725. The fourth-order valence-corrected chi connectivity index (χ4v) is 2.10. The summed E-state index contributed by atoms with van der Waals surface area (Å²) in [7, 11) is 1.24. The molecule has 0 N–H and O–H groups in total. The van der Waals surface area contributed by atoms with E-state index in [-0.39, 0.29) is 28.9 Å². The normalized spacial score (nSPS) is 10.4. The zero-order valence-electron chi connectivity index (χ0n) is 11.9. The third-order valence-electron chi connectivity index (χ3n) is 3.06. The lowest BCUT2D eigenvalue weighted by atomic mass is 10.0. The Kier molecular flexibility index (Phi) is 4.07. The van der Waals surface area contributed by atoms with Gasteiger partial charge in [-0.3, -0.25) is 4.79 Å². The molecule has 0 saturated carbocycles. The smallest absolute Gasteiger partial charge is 0.375 e. The summed E-state index contributed by atoms with van der Waals surface area (Å²) in [5, 5.41) is 0.264. The quantitative estimate of drug-likeness (QED) is 0.635. The zero-order valence-corrected chi connectivity index (χ0v) is 11.9. The molecule has 0 aliphatic rings. The van der Waals surface area contributed by atoms with Crippen LogP contribution in [0.3, 0.4) is 0 Å². The Balaban J connectivity index is 2.81. The Morgan fingerprint density at radius 1 is 1.29 bits per heavy atom. The van der Waals surface area contributed by atoms with Crippen LogP contribution in [0.25, 0.3) is 11.0 Å². The van der Waals surface area contributed by atoms with Gasteiger partial charge in [0.05, 0.1) is 24.8 Å². The molecule has 110 valence electrons. The monoisotopic (exact) mass is 290 g/mol. The van der Waals surface area contributed by atoms with E-state index in [2.05, 4.69) is 4.74 Å². The van der Waals surface area contributed by atoms with Gasteiger partial charge >= 0.3 is 11.9 Å². The zero-order chi connectivity index (χ0) is 15.6. The fraction of sp³-hybridized carbons (Fsp3) is 0.267. The van der Waals surface area contributed by atoms with E-state index in [9.17, 15) is 14.4 Å². The van der Waals surface area contributed by atoms with Crippen molar-refractivity contribution in [1.82, 2.24) is 0 Å². The molecule has 0 bridgehead atoms. The van der Waals surface area contributed by atoms with Crippen molar-refractivity contribution >= 4 is 29.2 Å². The number of aryl methyl sites for hydroxylation is 1. The van der Waals surface area contributed by atoms with E-state index in [1.807, 2.05) is 0 Å². The van der Waals surface area contributed by atoms with Crippen LogP contribution in [-0.2, 0) is 9.47 Å². The van der Waals surface area contributed by atoms with Crippen molar-refractivity contribution in [2.24, 2.45) is 0 Å². The largest absolute Gasteiger partial charge is 0.465 e. The molecule has 0 aliphatic carbocycles. The molecule has 0 unspecified atom stereocenters. The van der Waals surface area contributed by atoms with E-state index < -0.39 is 11.9 Å². The number of fused-ring (bicyclic) bond motifs is 1. The van der Waals surface area contributed by atoms with E-state index in [1.54, 1.807) is 19.9 Å². The number of carbonyl (C=O) groups excluding carboxylic acids is 3. The van der Waals surface area contributed by atoms with Crippen LogP contribution in [0.5, 0.6) is 0 Å². The van der Waals surface area contributed by atoms with E-state index >= 15 is 0 Å². The van der Waals surface area contributed by atoms with Gasteiger partial charge in [-0.2, -0.15) is 0 Å². The number of esters is 2. The maximum Gasteiger partial charge on any atom is 0.375 e. The summed E-state index contributed by atoms with van der Waals surface area (Å²) in [6, 6.07) is 3.18. The maximum absolute atomic E-state index is 11.9. The number of aldehydes is 1. The van der Waals surface area contributed by atoms with Gasteiger partial charge in [0.2, 0.25) is 5.76 Å². The molecule has 0 amide bonds. The van der Waals surface area contributed by atoms with E-state index in [1.165, 1.54) is 13.2 Å². The third-order valence-corrected chi connectivity index (χ3v) is 3.06. The first kappa shape index (κ1) is 14.8. The van der Waals surface area contributed by atoms with Crippen molar-refractivity contribution in [1.29, 1.82) is 0 Å². The van der Waals surface area contributed by atoms with Crippen LogP contribution in [0, 0.1) is 6.92 Å².